The van der Waals surface area contributed by atoms with E-state index in [1.807, 2.05) is 0 Å². The van der Waals surface area contributed by atoms with Crippen molar-refractivity contribution in [3.05, 3.63) is 11.8 Å². The van der Waals surface area contributed by atoms with Crippen LogP contribution in [0.2, 0.25) is 0 Å². The lowest BCUT2D eigenvalue weighted by atomic mass is 10.0. The first kappa shape index (κ1) is 23.5. The molecule has 0 bridgehead atoms. The fourth-order valence-corrected chi connectivity index (χ4v) is 3.28. The average Bonchev–Trinajstić information content (AvgIpc) is 2.57. The Balaban J connectivity index is 3.14. The van der Waals surface area contributed by atoms with Crippen LogP contribution in [0, 0.1) is 5.92 Å². The van der Waals surface area contributed by atoms with Crippen LogP contribution in [0.15, 0.2) is 11.8 Å². The summed E-state index contributed by atoms with van der Waals surface area (Å²) in [5.74, 6) is 0.891. The zero-order valence-electron chi connectivity index (χ0n) is 17.5. The molecule has 1 N–H and O–H groups in total. The van der Waals surface area contributed by atoms with Crippen molar-refractivity contribution >= 4 is 0 Å². The van der Waals surface area contributed by atoms with Gasteiger partial charge in [0.05, 0.1) is 0 Å². The van der Waals surface area contributed by atoms with E-state index in [1.54, 1.807) is 0 Å². The highest BCUT2D eigenvalue weighted by molar-refractivity contribution is 4.97. The molecule has 0 saturated heterocycles. The van der Waals surface area contributed by atoms with Crippen molar-refractivity contribution < 1.29 is 0 Å². The molecule has 24 heavy (non-hydrogen) atoms. The van der Waals surface area contributed by atoms with Gasteiger partial charge >= 0.3 is 0 Å². The van der Waals surface area contributed by atoms with Crippen LogP contribution < -0.4 is 5.32 Å². The summed E-state index contributed by atoms with van der Waals surface area (Å²) in [4.78, 5) is 0. The number of rotatable bonds is 18. The minimum atomic E-state index is 0.891. The lowest BCUT2D eigenvalue weighted by Crippen LogP contribution is -2.14. The highest BCUT2D eigenvalue weighted by atomic mass is 14.9. The van der Waals surface area contributed by atoms with Crippen molar-refractivity contribution in [2.45, 2.75) is 124 Å². The molecule has 0 unspecified atom stereocenters. The molecular weight excluding hydrogens is 290 g/mol. The van der Waals surface area contributed by atoms with E-state index in [0.29, 0.717) is 0 Å². The molecule has 0 aromatic rings. The Labute approximate surface area is 154 Å². The Hall–Kier alpha value is -0.460. The molecule has 1 heteroatoms. The summed E-state index contributed by atoms with van der Waals surface area (Å²) in [6.45, 7) is 10.3. The number of allylic oxidation sites excluding steroid dienone is 2. The Bertz CT molecular complexity index is 267. The standard InChI is InChI=1S/C23H47N/c1-5-19-23(6-2)24-21-18-16-14-12-10-8-7-9-11-13-15-17-20-22(3)4/h19,22,24H,5-18,20-21H2,1-4H3/b23-19-. The van der Waals surface area contributed by atoms with Gasteiger partial charge in [-0.2, -0.15) is 0 Å². The third-order valence-electron chi connectivity index (χ3n) is 4.89. The predicted octanol–water partition coefficient (Wildman–Crippen LogP) is 8.01. The highest BCUT2D eigenvalue weighted by Crippen LogP contribution is 2.14. The molecular formula is C23H47N. The van der Waals surface area contributed by atoms with Crippen LogP contribution in [0.25, 0.3) is 0 Å². The quantitative estimate of drug-likeness (QED) is 0.250. The summed E-state index contributed by atoms with van der Waals surface area (Å²) in [6.07, 6.45) is 23.3. The van der Waals surface area contributed by atoms with Crippen molar-refractivity contribution in [3.63, 3.8) is 0 Å². The second-order valence-corrected chi connectivity index (χ2v) is 7.84. The normalized spacial score (nSPS) is 12.1. The molecule has 0 atom stereocenters. The molecule has 0 spiro atoms. The zero-order chi connectivity index (χ0) is 17.9. The SMILES string of the molecule is CC/C=C(/CC)NCCCCCCCCCCCCCCC(C)C. The van der Waals surface area contributed by atoms with E-state index in [4.69, 9.17) is 0 Å². The minimum absolute atomic E-state index is 0.891. The number of nitrogens with one attached hydrogen (secondary N) is 1. The molecule has 0 rings (SSSR count). The molecule has 0 saturated carbocycles. The second kappa shape index (κ2) is 18.9. The maximum absolute atomic E-state index is 3.58. The van der Waals surface area contributed by atoms with Crippen molar-refractivity contribution in [3.8, 4) is 0 Å². The minimum Gasteiger partial charge on any atom is -0.389 e. The summed E-state index contributed by atoms with van der Waals surface area (Å²) >= 11 is 0. The Morgan fingerprint density at radius 2 is 1.17 bits per heavy atom. The van der Waals surface area contributed by atoms with Crippen molar-refractivity contribution in [2.24, 2.45) is 5.92 Å². The van der Waals surface area contributed by atoms with Gasteiger partial charge in [-0.15, -0.1) is 0 Å². The largest absolute Gasteiger partial charge is 0.389 e. The van der Waals surface area contributed by atoms with Gasteiger partial charge in [-0.25, -0.2) is 0 Å². The Morgan fingerprint density at radius 1 is 0.708 bits per heavy atom. The molecule has 0 aromatic heterocycles. The second-order valence-electron chi connectivity index (χ2n) is 7.84. The van der Waals surface area contributed by atoms with Crippen molar-refractivity contribution in [1.29, 1.82) is 0 Å². The first-order valence-electron chi connectivity index (χ1n) is 11.1. The third-order valence-corrected chi connectivity index (χ3v) is 4.89. The summed E-state index contributed by atoms with van der Waals surface area (Å²) in [5, 5.41) is 3.58. The Kier molecular flexibility index (Phi) is 18.5. The fraction of sp³-hybridized carbons (Fsp3) is 0.913. The fourth-order valence-electron chi connectivity index (χ4n) is 3.28. The molecule has 0 amide bonds. The van der Waals surface area contributed by atoms with Crippen molar-refractivity contribution in [2.75, 3.05) is 6.54 Å². The molecule has 0 aromatic carbocycles. The predicted molar refractivity (Wildman–Crippen MR) is 112 cm³/mol. The monoisotopic (exact) mass is 337 g/mol. The van der Waals surface area contributed by atoms with Crippen LogP contribution in [0.5, 0.6) is 0 Å². The van der Waals surface area contributed by atoms with Crippen LogP contribution in [0.3, 0.4) is 0 Å². The topological polar surface area (TPSA) is 12.0 Å². The number of hydrogen-bond donors (Lipinski definition) is 1. The van der Waals surface area contributed by atoms with E-state index in [0.717, 1.165) is 25.3 Å². The van der Waals surface area contributed by atoms with E-state index in [-0.39, 0.29) is 0 Å². The summed E-state index contributed by atoms with van der Waals surface area (Å²) < 4.78 is 0. The van der Waals surface area contributed by atoms with Gasteiger partial charge in [0.1, 0.15) is 0 Å². The number of hydrogen-bond acceptors (Lipinski definition) is 1. The van der Waals surface area contributed by atoms with Crippen LogP contribution >= 0.6 is 0 Å². The zero-order valence-corrected chi connectivity index (χ0v) is 17.5. The summed E-state index contributed by atoms with van der Waals surface area (Å²) in [6, 6.07) is 0. The van der Waals surface area contributed by atoms with E-state index in [9.17, 15) is 0 Å². The molecule has 1 nitrogen and oxygen atoms in total. The molecule has 0 heterocycles. The first-order valence-corrected chi connectivity index (χ1v) is 11.1. The lowest BCUT2D eigenvalue weighted by Gasteiger charge is -2.08. The van der Waals surface area contributed by atoms with E-state index in [1.165, 1.54) is 89.2 Å². The van der Waals surface area contributed by atoms with Gasteiger partial charge in [0.15, 0.2) is 0 Å². The van der Waals surface area contributed by atoms with Gasteiger partial charge in [-0.05, 0) is 25.2 Å². The summed E-state index contributed by atoms with van der Waals surface area (Å²) in [7, 11) is 0. The van der Waals surface area contributed by atoms with Gasteiger partial charge in [0.25, 0.3) is 0 Å². The summed E-state index contributed by atoms with van der Waals surface area (Å²) in [5.41, 5.74) is 1.43. The third kappa shape index (κ3) is 17.9. The van der Waals surface area contributed by atoms with Gasteiger partial charge in [-0.1, -0.05) is 111 Å². The Morgan fingerprint density at radius 3 is 1.58 bits per heavy atom. The van der Waals surface area contributed by atoms with E-state index < -0.39 is 0 Å². The van der Waals surface area contributed by atoms with E-state index >= 15 is 0 Å². The molecule has 0 fully saturated rings. The molecule has 144 valence electrons. The molecule has 0 radical (unpaired) electrons. The number of unbranched alkanes of at least 4 members (excludes halogenated alkanes) is 11. The lowest BCUT2D eigenvalue weighted by molar-refractivity contribution is 0.503. The first-order chi connectivity index (χ1) is 11.7. The van der Waals surface area contributed by atoms with Crippen molar-refractivity contribution in [1.82, 2.24) is 5.32 Å². The van der Waals surface area contributed by atoms with Gasteiger partial charge in [0, 0.05) is 12.2 Å². The molecule has 0 aliphatic carbocycles. The van der Waals surface area contributed by atoms with Gasteiger partial charge in [0.2, 0.25) is 0 Å². The smallest absolute Gasteiger partial charge is 0.0143 e. The average molecular weight is 338 g/mol. The maximum Gasteiger partial charge on any atom is 0.0143 e. The van der Waals surface area contributed by atoms with Crippen LogP contribution in [-0.2, 0) is 0 Å². The van der Waals surface area contributed by atoms with Gasteiger partial charge in [-0.3, -0.25) is 0 Å². The molecule has 0 aliphatic heterocycles. The van der Waals surface area contributed by atoms with Crippen LogP contribution in [0.4, 0.5) is 0 Å². The molecule has 0 aliphatic rings. The van der Waals surface area contributed by atoms with Crippen LogP contribution in [-0.4, -0.2) is 6.54 Å². The van der Waals surface area contributed by atoms with E-state index in [2.05, 4.69) is 39.1 Å². The van der Waals surface area contributed by atoms with Gasteiger partial charge < -0.3 is 5.32 Å². The maximum atomic E-state index is 3.58. The van der Waals surface area contributed by atoms with Crippen LogP contribution in [0.1, 0.15) is 124 Å². The highest BCUT2D eigenvalue weighted by Gasteiger charge is 1.96.